The number of amides is 1. The van der Waals surface area contributed by atoms with E-state index in [0.29, 0.717) is 0 Å². The summed E-state index contributed by atoms with van der Waals surface area (Å²) in [5.41, 5.74) is 0.829. The minimum absolute atomic E-state index is 0.0368. The Morgan fingerprint density at radius 3 is 2.56 bits per heavy atom. The molecule has 1 aromatic heterocycles. The molecule has 132 valence electrons. The molecule has 2 aliphatic heterocycles. The Balaban J connectivity index is 1.60. The van der Waals surface area contributed by atoms with E-state index in [-0.39, 0.29) is 11.3 Å². The highest BCUT2D eigenvalue weighted by molar-refractivity contribution is 5.85. The first kappa shape index (κ1) is 16.3. The summed E-state index contributed by atoms with van der Waals surface area (Å²) < 4.78 is 1.90. The third-order valence-electron chi connectivity index (χ3n) is 6.00. The van der Waals surface area contributed by atoms with Crippen molar-refractivity contribution in [2.75, 3.05) is 26.2 Å². The second-order valence-electron chi connectivity index (χ2n) is 7.64. The number of hydrogen-bond donors (Lipinski definition) is 1. The quantitative estimate of drug-likeness (QED) is 0.933. The molecule has 1 amide bonds. The lowest BCUT2D eigenvalue weighted by Gasteiger charge is -2.39. The number of aromatic nitrogens is 2. The minimum atomic E-state index is -0.531. The Labute approximate surface area is 149 Å². The first-order valence-corrected chi connectivity index (χ1v) is 9.20. The second-order valence-corrected chi connectivity index (χ2v) is 7.64. The molecule has 0 radical (unpaired) electrons. The molecule has 2 aliphatic rings. The van der Waals surface area contributed by atoms with E-state index in [1.54, 1.807) is 6.20 Å². The summed E-state index contributed by atoms with van der Waals surface area (Å²) in [5.74, 6) is 0.234. The maximum atomic E-state index is 13.6. The van der Waals surface area contributed by atoms with Crippen molar-refractivity contribution in [2.24, 2.45) is 0 Å². The highest BCUT2D eigenvalue weighted by Crippen LogP contribution is 2.37. The number of nitrogens with one attached hydrogen (secondary N) is 1. The Kier molecular flexibility index (Phi) is 4.12. The van der Waals surface area contributed by atoms with Crippen LogP contribution in [0.25, 0.3) is 0 Å². The fourth-order valence-electron chi connectivity index (χ4n) is 4.41. The van der Waals surface area contributed by atoms with E-state index >= 15 is 0 Å². The van der Waals surface area contributed by atoms with Crippen molar-refractivity contribution < 1.29 is 4.79 Å². The van der Waals surface area contributed by atoms with E-state index < -0.39 is 5.54 Å². The Hall–Kier alpha value is -2.14. The molecule has 1 N–H and O–H groups in total. The van der Waals surface area contributed by atoms with Crippen molar-refractivity contribution >= 4 is 5.91 Å². The van der Waals surface area contributed by atoms with Crippen LogP contribution in [0.3, 0.4) is 0 Å². The van der Waals surface area contributed by atoms with Crippen LogP contribution in [0.15, 0.2) is 48.8 Å². The number of likely N-dealkylation sites (tertiary alicyclic amines) is 1. The highest BCUT2D eigenvalue weighted by Gasteiger charge is 2.48. The van der Waals surface area contributed by atoms with E-state index in [0.717, 1.165) is 45.4 Å². The number of piperidine rings is 1. The fourth-order valence-corrected chi connectivity index (χ4v) is 4.41. The van der Waals surface area contributed by atoms with E-state index in [1.807, 2.05) is 23.0 Å². The number of nitrogens with zero attached hydrogens (tertiary/aromatic N) is 3. The van der Waals surface area contributed by atoms with Gasteiger partial charge in [-0.25, -0.2) is 0 Å². The number of benzene rings is 1. The molecule has 0 aliphatic carbocycles. The smallest absolute Gasteiger partial charge is 0.250 e. The molecule has 3 heterocycles. The maximum Gasteiger partial charge on any atom is 0.250 e. The van der Waals surface area contributed by atoms with Crippen LogP contribution in [-0.4, -0.2) is 46.8 Å². The zero-order chi connectivity index (χ0) is 17.3. The standard InChI is InChI=1S/C20H26N4O/c1-19(17-6-3-2-4-7-17)10-15-23(16-19)18(25)20(8-12-21-13-9-20)24-14-5-11-22-24/h2-7,11,14,21H,8-10,12-13,15-16H2,1H3. The normalized spacial score (nSPS) is 25.9. The van der Waals surface area contributed by atoms with Gasteiger partial charge in [-0.2, -0.15) is 5.10 Å². The van der Waals surface area contributed by atoms with Crippen LogP contribution in [-0.2, 0) is 15.7 Å². The predicted molar refractivity (Wildman–Crippen MR) is 97.3 cm³/mol. The van der Waals surface area contributed by atoms with Crippen LogP contribution >= 0.6 is 0 Å². The van der Waals surface area contributed by atoms with Gasteiger partial charge in [0.25, 0.3) is 5.91 Å². The van der Waals surface area contributed by atoms with Crippen LogP contribution < -0.4 is 5.32 Å². The van der Waals surface area contributed by atoms with Gasteiger partial charge in [0.05, 0.1) is 0 Å². The zero-order valence-corrected chi connectivity index (χ0v) is 14.8. The van der Waals surface area contributed by atoms with E-state index in [2.05, 4.69) is 46.5 Å². The van der Waals surface area contributed by atoms with Crippen molar-refractivity contribution in [3.63, 3.8) is 0 Å². The van der Waals surface area contributed by atoms with E-state index in [4.69, 9.17) is 0 Å². The number of carbonyl (C=O) groups is 1. The van der Waals surface area contributed by atoms with Crippen LogP contribution in [0.4, 0.5) is 0 Å². The van der Waals surface area contributed by atoms with Gasteiger partial charge in [-0.1, -0.05) is 37.3 Å². The minimum Gasteiger partial charge on any atom is -0.340 e. The molecule has 0 spiro atoms. The van der Waals surface area contributed by atoms with E-state index in [9.17, 15) is 4.79 Å². The number of rotatable bonds is 3. The number of hydrogen-bond acceptors (Lipinski definition) is 3. The molecule has 5 nitrogen and oxygen atoms in total. The molecule has 2 fully saturated rings. The fraction of sp³-hybridized carbons (Fsp3) is 0.500. The molecule has 2 aromatic rings. The molecule has 4 rings (SSSR count). The molecule has 1 atom stereocenters. The average molecular weight is 338 g/mol. The molecular formula is C20H26N4O. The van der Waals surface area contributed by atoms with Crippen molar-refractivity contribution in [3.8, 4) is 0 Å². The van der Waals surface area contributed by atoms with Crippen molar-refractivity contribution in [2.45, 2.75) is 37.1 Å². The summed E-state index contributed by atoms with van der Waals surface area (Å²) >= 11 is 0. The molecule has 0 saturated carbocycles. The summed E-state index contributed by atoms with van der Waals surface area (Å²) in [7, 11) is 0. The Morgan fingerprint density at radius 1 is 1.12 bits per heavy atom. The van der Waals surface area contributed by atoms with Crippen LogP contribution in [0, 0.1) is 0 Å². The van der Waals surface area contributed by atoms with Crippen LogP contribution in [0.1, 0.15) is 31.7 Å². The largest absolute Gasteiger partial charge is 0.340 e. The van der Waals surface area contributed by atoms with E-state index in [1.165, 1.54) is 5.56 Å². The molecule has 25 heavy (non-hydrogen) atoms. The maximum absolute atomic E-state index is 13.6. The topological polar surface area (TPSA) is 50.2 Å². The van der Waals surface area contributed by atoms with Gasteiger partial charge >= 0.3 is 0 Å². The van der Waals surface area contributed by atoms with Crippen LogP contribution in [0.5, 0.6) is 0 Å². The monoisotopic (exact) mass is 338 g/mol. The molecular weight excluding hydrogens is 312 g/mol. The second kappa shape index (κ2) is 6.30. The third-order valence-corrected chi connectivity index (χ3v) is 6.00. The average Bonchev–Trinajstić information content (AvgIpc) is 3.33. The lowest BCUT2D eigenvalue weighted by atomic mass is 9.81. The molecule has 2 saturated heterocycles. The van der Waals surface area contributed by atoms with Crippen molar-refractivity contribution in [3.05, 3.63) is 54.4 Å². The van der Waals surface area contributed by atoms with Gasteiger partial charge in [0.15, 0.2) is 0 Å². The first-order valence-electron chi connectivity index (χ1n) is 9.20. The summed E-state index contributed by atoms with van der Waals surface area (Å²) in [6.45, 7) is 5.59. The summed E-state index contributed by atoms with van der Waals surface area (Å²) in [5, 5.41) is 7.82. The van der Waals surface area contributed by atoms with Gasteiger partial charge in [0.1, 0.15) is 5.54 Å². The zero-order valence-electron chi connectivity index (χ0n) is 14.8. The van der Waals surface area contributed by atoms with Crippen molar-refractivity contribution in [1.82, 2.24) is 20.0 Å². The third kappa shape index (κ3) is 2.76. The molecule has 5 heteroatoms. The predicted octanol–water partition coefficient (Wildman–Crippen LogP) is 2.15. The highest BCUT2D eigenvalue weighted by atomic mass is 16.2. The first-order chi connectivity index (χ1) is 12.1. The van der Waals surface area contributed by atoms with Gasteiger partial charge < -0.3 is 10.2 Å². The molecule has 1 aromatic carbocycles. The Bertz CT molecular complexity index is 721. The lowest BCUT2D eigenvalue weighted by Crippen LogP contribution is -2.55. The molecule has 0 bridgehead atoms. The summed E-state index contributed by atoms with van der Waals surface area (Å²) in [6.07, 6.45) is 6.32. The van der Waals surface area contributed by atoms with Crippen molar-refractivity contribution in [1.29, 1.82) is 0 Å². The van der Waals surface area contributed by atoms with Gasteiger partial charge in [-0.3, -0.25) is 9.48 Å². The molecule has 1 unspecified atom stereocenters. The summed E-state index contributed by atoms with van der Waals surface area (Å²) in [4.78, 5) is 15.6. The SMILES string of the molecule is CC1(c2ccccc2)CCN(C(=O)C2(n3cccn3)CCNCC2)C1. The van der Waals surface area contributed by atoms with Gasteiger partial charge in [-0.05, 0) is 44.0 Å². The lowest BCUT2D eigenvalue weighted by molar-refractivity contribution is -0.142. The van der Waals surface area contributed by atoms with Gasteiger partial charge in [0.2, 0.25) is 0 Å². The van der Waals surface area contributed by atoms with Crippen LogP contribution in [0.2, 0.25) is 0 Å². The van der Waals surface area contributed by atoms with Gasteiger partial charge in [-0.15, -0.1) is 0 Å². The van der Waals surface area contributed by atoms with Gasteiger partial charge in [0, 0.05) is 30.9 Å². The number of carbonyl (C=O) groups excluding carboxylic acids is 1. The Morgan fingerprint density at radius 2 is 1.88 bits per heavy atom. The summed E-state index contributed by atoms with van der Waals surface area (Å²) in [6, 6.07) is 12.5.